The fraction of sp³-hybridized carbons (Fsp3) is 0.550. The van der Waals surface area contributed by atoms with Crippen LogP contribution >= 0.6 is 24.0 Å². The first-order chi connectivity index (χ1) is 13.2. The van der Waals surface area contributed by atoms with Gasteiger partial charge >= 0.3 is 0 Å². The van der Waals surface area contributed by atoms with E-state index in [0.717, 1.165) is 50.1 Å². The molecule has 2 aliphatic heterocycles. The average Bonchev–Trinajstić information content (AvgIpc) is 3.15. The number of likely N-dealkylation sites (tertiary alicyclic amines) is 1. The lowest BCUT2D eigenvalue weighted by atomic mass is 10.1. The second kappa shape index (κ2) is 11.2. The summed E-state index contributed by atoms with van der Waals surface area (Å²) < 4.78 is 0. The Labute approximate surface area is 184 Å². The molecule has 1 aromatic rings. The zero-order chi connectivity index (χ0) is 19.1. The highest BCUT2D eigenvalue weighted by Crippen LogP contribution is 2.21. The number of anilines is 1. The molecule has 3 rings (SSSR count). The molecule has 0 aliphatic carbocycles. The van der Waals surface area contributed by atoms with E-state index in [1.807, 2.05) is 34.1 Å². The molecule has 0 spiro atoms. The molecule has 154 valence electrons. The van der Waals surface area contributed by atoms with E-state index < -0.39 is 0 Å². The molecule has 0 atom stereocenters. The van der Waals surface area contributed by atoms with Gasteiger partial charge in [0.15, 0.2) is 5.96 Å². The van der Waals surface area contributed by atoms with Crippen molar-refractivity contribution >= 4 is 47.4 Å². The Bertz CT molecular complexity index is 686. The van der Waals surface area contributed by atoms with E-state index in [9.17, 15) is 9.59 Å². The number of carbonyl (C=O) groups is 2. The number of hydrogen-bond donors (Lipinski definition) is 2. The van der Waals surface area contributed by atoms with Crippen LogP contribution < -0.4 is 15.5 Å². The summed E-state index contributed by atoms with van der Waals surface area (Å²) in [6.45, 7) is 3.39. The number of nitrogens with one attached hydrogen (secondary N) is 2. The zero-order valence-electron chi connectivity index (χ0n) is 16.4. The molecular weight excluding hydrogens is 469 g/mol. The minimum Gasteiger partial charge on any atom is -0.352 e. The smallest absolute Gasteiger partial charge is 0.241 e. The summed E-state index contributed by atoms with van der Waals surface area (Å²) in [5.41, 5.74) is 2.05. The minimum absolute atomic E-state index is 0. The molecule has 7 nitrogen and oxygen atoms in total. The molecule has 0 saturated carbocycles. The predicted molar refractivity (Wildman–Crippen MR) is 122 cm³/mol. The first-order valence-electron chi connectivity index (χ1n) is 9.79. The summed E-state index contributed by atoms with van der Waals surface area (Å²) in [5, 5.41) is 6.32. The van der Waals surface area contributed by atoms with Crippen LogP contribution in [-0.2, 0) is 16.1 Å². The van der Waals surface area contributed by atoms with E-state index in [1.165, 1.54) is 6.42 Å². The molecule has 2 heterocycles. The van der Waals surface area contributed by atoms with Crippen LogP contribution in [-0.4, -0.2) is 55.9 Å². The lowest BCUT2D eigenvalue weighted by molar-refractivity contribution is -0.130. The molecule has 0 unspecified atom stereocenters. The first kappa shape index (κ1) is 22.4. The van der Waals surface area contributed by atoms with Crippen LogP contribution in [0.1, 0.15) is 37.7 Å². The van der Waals surface area contributed by atoms with Crippen molar-refractivity contribution < 1.29 is 9.59 Å². The summed E-state index contributed by atoms with van der Waals surface area (Å²) in [6, 6.07) is 7.99. The van der Waals surface area contributed by atoms with E-state index in [0.29, 0.717) is 18.9 Å². The summed E-state index contributed by atoms with van der Waals surface area (Å²) in [4.78, 5) is 32.0. The average molecular weight is 499 g/mol. The lowest BCUT2D eigenvalue weighted by Crippen LogP contribution is -2.45. The van der Waals surface area contributed by atoms with Crippen molar-refractivity contribution in [3.05, 3.63) is 29.8 Å². The number of halogens is 1. The lowest BCUT2D eigenvalue weighted by Gasteiger charge is -2.27. The minimum atomic E-state index is 0. The summed E-state index contributed by atoms with van der Waals surface area (Å²) in [7, 11) is 1.70. The Morgan fingerprint density at radius 3 is 2.36 bits per heavy atom. The van der Waals surface area contributed by atoms with Crippen molar-refractivity contribution in [2.45, 2.75) is 38.6 Å². The van der Waals surface area contributed by atoms with Gasteiger partial charge in [0, 0.05) is 45.3 Å². The van der Waals surface area contributed by atoms with Crippen LogP contribution in [0, 0.1) is 0 Å². The van der Waals surface area contributed by atoms with E-state index in [4.69, 9.17) is 0 Å². The van der Waals surface area contributed by atoms with Crippen molar-refractivity contribution in [3.8, 4) is 0 Å². The van der Waals surface area contributed by atoms with E-state index >= 15 is 0 Å². The second-order valence-corrected chi connectivity index (χ2v) is 7.04. The number of amides is 2. The highest BCUT2D eigenvalue weighted by atomic mass is 127. The fourth-order valence-electron chi connectivity index (χ4n) is 3.54. The molecule has 2 aliphatic rings. The maximum absolute atomic E-state index is 12.2. The van der Waals surface area contributed by atoms with Gasteiger partial charge < -0.3 is 20.4 Å². The van der Waals surface area contributed by atoms with Gasteiger partial charge in [0.25, 0.3) is 0 Å². The number of nitrogens with zero attached hydrogens (tertiary/aromatic N) is 3. The quantitative estimate of drug-likeness (QED) is 0.370. The molecule has 8 heteroatoms. The van der Waals surface area contributed by atoms with Gasteiger partial charge in [-0.2, -0.15) is 0 Å². The third kappa shape index (κ3) is 6.08. The fourth-order valence-corrected chi connectivity index (χ4v) is 3.54. The van der Waals surface area contributed by atoms with Crippen molar-refractivity contribution in [1.29, 1.82) is 0 Å². The normalized spacial score (nSPS) is 17.3. The van der Waals surface area contributed by atoms with E-state index in [2.05, 4.69) is 15.6 Å². The molecule has 2 fully saturated rings. The molecule has 0 bridgehead atoms. The highest BCUT2D eigenvalue weighted by molar-refractivity contribution is 14.0. The van der Waals surface area contributed by atoms with Gasteiger partial charge in [0.1, 0.15) is 0 Å². The van der Waals surface area contributed by atoms with Gasteiger partial charge in [-0.15, -0.1) is 24.0 Å². The molecule has 1 aromatic carbocycles. The Kier molecular flexibility index (Phi) is 9.01. The van der Waals surface area contributed by atoms with E-state index in [1.54, 1.807) is 7.05 Å². The van der Waals surface area contributed by atoms with Gasteiger partial charge in [-0.3, -0.25) is 14.6 Å². The number of hydrogen-bond acceptors (Lipinski definition) is 3. The van der Waals surface area contributed by atoms with Crippen LogP contribution in [0.25, 0.3) is 0 Å². The van der Waals surface area contributed by atoms with Crippen LogP contribution in [0.4, 0.5) is 5.69 Å². The topological polar surface area (TPSA) is 77.0 Å². The zero-order valence-corrected chi connectivity index (χ0v) is 18.8. The maximum Gasteiger partial charge on any atom is 0.241 e. The van der Waals surface area contributed by atoms with Gasteiger partial charge in [0.05, 0.1) is 6.54 Å². The predicted octanol–water partition coefficient (Wildman–Crippen LogP) is 2.11. The highest BCUT2D eigenvalue weighted by Gasteiger charge is 2.21. The number of rotatable bonds is 5. The molecule has 0 radical (unpaired) electrons. The third-order valence-corrected chi connectivity index (χ3v) is 5.12. The van der Waals surface area contributed by atoms with Gasteiger partial charge in [-0.25, -0.2) is 0 Å². The molecule has 2 N–H and O–H groups in total. The van der Waals surface area contributed by atoms with E-state index in [-0.39, 0.29) is 42.3 Å². The molecular formula is C20H30IN5O2. The Balaban J connectivity index is 0.00000280. The first-order valence-corrected chi connectivity index (χ1v) is 9.79. The Hall–Kier alpha value is -1.84. The van der Waals surface area contributed by atoms with Gasteiger partial charge in [0.2, 0.25) is 11.8 Å². The number of guanidine groups is 1. The summed E-state index contributed by atoms with van der Waals surface area (Å²) in [5.74, 6) is 0.931. The van der Waals surface area contributed by atoms with Crippen molar-refractivity contribution in [2.75, 3.05) is 38.1 Å². The molecule has 28 heavy (non-hydrogen) atoms. The molecule has 2 amide bonds. The third-order valence-electron chi connectivity index (χ3n) is 5.12. The van der Waals surface area contributed by atoms with Crippen molar-refractivity contribution in [2.24, 2.45) is 4.99 Å². The second-order valence-electron chi connectivity index (χ2n) is 7.04. The van der Waals surface area contributed by atoms with Crippen LogP contribution in [0.15, 0.2) is 29.3 Å². The van der Waals surface area contributed by atoms with Gasteiger partial charge in [-0.1, -0.05) is 12.1 Å². The number of carbonyl (C=O) groups excluding carboxylic acids is 2. The monoisotopic (exact) mass is 499 g/mol. The van der Waals surface area contributed by atoms with Crippen LogP contribution in [0.2, 0.25) is 0 Å². The largest absolute Gasteiger partial charge is 0.352 e. The number of aliphatic imine (C=N–C) groups is 1. The van der Waals surface area contributed by atoms with Crippen molar-refractivity contribution in [1.82, 2.24) is 15.5 Å². The number of benzene rings is 1. The molecule has 2 saturated heterocycles. The van der Waals surface area contributed by atoms with Crippen molar-refractivity contribution in [3.63, 3.8) is 0 Å². The SMILES string of the molecule is CN=C(NCC(=O)N1CCCCC1)NCc1ccc(N2CCCC2=O)cc1.I. The Morgan fingerprint density at radius 1 is 1.04 bits per heavy atom. The Morgan fingerprint density at radius 2 is 1.75 bits per heavy atom. The summed E-state index contributed by atoms with van der Waals surface area (Å²) >= 11 is 0. The maximum atomic E-state index is 12.2. The molecule has 0 aromatic heterocycles. The van der Waals surface area contributed by atoms with Gasteiger partial charge in [-0.05, 0) is 43.4 Å². The van der Waals surface area contributed by atoms with Crippen LogP contribution in [0.3, 0.4) is 0 Å². The van der Waals surface area contributed by atoms with Crippen LogP contribution in [0.5, 0.6) is 0 Å². The standard InChI is InChI=1S/C20H29N5O2.HI/c1-21-20(23-15-19(27)24-11-3-2-4-12-24)22-14-16-7-9-17(10-8-16)25-13-5-6-18(25)26;/h7-10H,2-6,11-15H2,1H3,(H2,21,22,23);1H. The number of piperidine rings is 1. The summed E-state index contributed by atoms with van der Waals surface area (Å²) in [6.07, 6.45) is 4.97.